The average Bonchev–Trinajstić information content (AvgIpc) is 3.01. The highest BCUT2D eigenvalue weighted by Gasteiger charge is 2.25. The predicted octanol–water partition coefficient (Wildman–Crippen LogP) is 6.02. The Bertz CT molecular complexity index is 1020. The second-order valence-corrected chi connectivity index (χ2v) is 6.50. The van der Waals surface area contributed by atoms with Crippen LogP contribution < -0.4 is 5.32 Å². The van der Waals surface area contributed by atoms with E-state index in [4.69, 9.17) is 23.2 Å². The summed E-state index contributed by atoms with van der Waals surface area (Å²) in [6.07, 6.45) is -2.92. The first-order chi connectivity index (χ1) is 12.8. The van der Waals surface area contributed by atoms with Crippen LogP contribution in [0.2, 0.25) is 10.0 Å². The van der Waals surface area contributed by atoms with E-state index in [2.05, 4.69) is 15.5 Å². The molecule has 0 aliphatic heterocycles. The number of aromatic nitrogens is 2. The van der Waals surface area contributed by atoms with Gasteiger partial charge in [-0.2, -0.15) is 5.10 Å². The number of amides is 1. The number of carbonyl (C=O) groups is 1. The third-order valence-corrected chi connectivity index (χ3v) is 4.61. The van der Waals surface area contributed by atoms with Gasteiger partial charge in [0, 0.05) is 16.9 Å². The number of hydrogen-bond acceptors (Lipinski definition) is 2. The van der Waals surface area contributed by atoms with Crippen LogP contribution in [0.1, 0.15) is 28.2 Å². The number of halogens is 5. The second kappa shape index (κ2) is 7.62. The van der Waals surface area contributed by atoms with Crippen LogP contribution in [0.15, 0.2) is 36.4 Å². The molecule has 0 aliphatic rings. The lowest BCUT2D eigenvalue weighted by molar-refractivity contribution is 0.101. The molecule has 0 spiro atoms. The Labute approximate surface area is 162 Å². The maximum atomic E-state index is 13.8. The molecule has 0 radical (unpaired) electrons. The van der Waals surface area contributed by atoms with Crippen LogP contribution in [0.3, 0.4) is 0 Å². The van der Waals surface area contributed by atoms with Crippen LogP contribution >= 0.6 is 23.2 Å². The Kier molecular flexibility index (Phi) is 5.43. The zero-order valence-corrected chi connectivity index (χ0v) is 15.3. The standard InChI is InChI=1S/C18H12Cl2F3N3O/c1-8-15(16(17(22)23)26-25-8)18(27)24-14-5-3-10(21)7-11(14)9-2-4-12(19)13(20)6-9/h2-7,17H,1H3,(H,24,27)(H,25,26). The monoisotopic (exact) mass is 413 g/mol. The van der Waals surface area contributed by atoms with Gasteiger partial charge in [0.25, 0.3) is 12.3 Å². The molecular weight excluding hydrogens is 402 g/mol. The highest BCUT2D eigenvalue weighted by molar-refractivity contribution is 6.42. The molecular formula is C18H12Cl2F3N3O. The van der Waals surface area contributed by atoms with Crippen LogP contribution in [0.5, 0.6) is 0 Å². The summed E-state index contributed by atoms with van der Waals surface area (Å²) in [4.78, 5) is 12.6. The number of alkyl halides is 2. The molecule has 1 heterocycles. The lowest BCUT2D eigenvalue weighted by Crippen LogP contribution is -2.15. The number of benzene rings is 2. The number of rotatable bonds is 4. The third kappa shape index (κ3) is 3.94. The number of aryl methyl sites for hydroxylation is 1. The lowest BCUT2D eigenvalue weighted by atomic mass is 10.0. The number of anilines is 1. The number of carbonyl (C=O) groups excluding carboxylic acids is 1. The summed E-state index contributed by atoms with van der Waals surface area (Å²) in [5.74, 6) is -1.33. The van der Waals surface area contributed by atoms with E-state index in [1.54, 1.807) is 6.07 Å². The number of aromatic amines is 1. The fourth-order valence-corrected chi connectivity index (χ4v) is 2.90. The van der Waals surface area contributed by atoms with Gasteiger partial charge in [-0.25, -0.2) is 13.2 Å². The highest BCUT2D eigenvalue weighted by Crippen LogP contribution is 2.34. The number of H-pyrrole nitrogens is 1. The summed E-state index contributed by atoms with van der Waals surface area (Å²) in [7, 11) is 0. The molecule has 4 nitrogen and oxygen atoms in total. The molecule has 2 N–H and O–H groups in total. The van der Waals surface area contributed by atoms with E-state index >= 15 is 0 Å². The topological polar surface area (TPSA) is 57.8 Å². The molecule has 140 valence electrons. The van der Waals surface area contributed by atoms with Crippen LogP contribution in [0, 0.1) is 12.7 Å². The van der Waals surface area contributed by atoms with E-state index in [-0.39, 0.29) is 22.0 Å². The van der Waals surface area contributed by atoms with Gasteiger partial charge >= 0.3 is 0 Å². The predicted molar refractivity (Wildman–Crippen MR) is 98.1 cm³/mol. The van der Waals surface area contributed by atoms with Crippen molar-refractivity contribution in [1.82, 2.24) is 10.2 Å². The van der Waals surface area contributed by atoms with E-state index in [0.717, 1.165) is 6.07 Å². The average molecular weight is 414 g/mol. The van der Waals surface area contributed by atoms with Crippen LogP contribution in [-0.4, -0.2) is 16.1 Å². The molecule has 3 aromatic rings. The molecule has 0 unspecified atom stereocenters. The van der Waals surface area contributed by atoms with Crippen LogP contribution in [-0.2, 0) is 0 Å². The van der Waals surface area contributed by atoms with Crippen molar-refractivity contribution < 1.29 is 18.0 Å². The molecule has 0 bridgehead atoms. The Balaban J connectivity index is 2.02. The molecule has 3 rings (SSSR count). The van der Waals surface area contributed by atoms with E-state index in [9.17, 15) is 18.0 Å². The zero-order chi connectivity index (χ0) is 19.7. The van der Waals surface area contributed by atoms with Gasteiger partial charge in [-0.1, -0.05) is 29.3 Å². The molecule has 0 aliphatic carbocycles. The largest absolute Gasteiger partial charge is 0.321 e. The number of hydrogen-bond donors (Lipinski definition) is 2. The van der Waals surface area contributed by atoms with Crippen molar-refractivity contribution in [3.8, 4) is 11.1 Å². The van der Waals surface area contributed by atoms with Crippen LogP contribution in [0.25, 0.3) is 11.1 Å². The van der Waals surface area contributed by atoms with E-state index in [1.165, 1.54) is 31.2 Å². The molecule has 0 atom stereocenters. The quantitative estimate of drug-likeness (QED) is 0.549. The minimum Gasteiger partial charge on any atom is -0.321 e. The summed E-state index contributed by atoms with van der Waals surface area (Å²) >= 11 is 11.9. The SMILES string of the molecule is Cc1[nH]nc(C(F)F)c1C(=O)Nc1ccc(F)cc1-c1ccc(Cl)c(Cl)c1. The minimum absolute atomic E-state index is 0.195. The summed E-state index contributed by atoms with van der Waals surface area (Å²) in [6.45, 7) is 1.46. The van der Waals surface area contributed by atoms with Gasteiger partial charge in [0.15, 0.2) is 0 Å². The minimum atomic E-state index is -2.92. The van der Waals surface area contributed by atoms with Gasteiger partial charge in [-0.3, -0.25) is 9.89 Å². The molecule has 2 aromatic carbocycles. The van der Waals surface area contributed by atoms with E-state index in [0.29, 0.717) is 16.1 Å². The summed E-state index contributed by atoms with van der Waals surface area (Å²) in [5, 5.41) is 8.94. The van der Waals surface area contributed by atoms with Crippen LogP contribution in [0.4, 0.5) is 18.9 Å². The maximum Gasteiger partial charge on any atom is 0.282 e. The molecule has 1 aromatic heterocycles. The summed E-state index contributed by atoms with van der Waals surface area (Å²) in [6, 6.07) is 8.33. The van der Waals surface area contributed by atoms with Gasteiger partial charge in [-0.05, 0) is 42.8 Å². The van der Waals surface area contributed by atoms with Gasteiger partial charge in [0.1, 0.15) is 11.5 Å². The third-order valence-electron chi connectivity index (χ3n) is 3.87. The van der Waals surface area contributed by atoms with E-state index < -0.39 is 23.8 Å². The van der Waals surface area contributed by atoms with E-state index in [1.807, 2.05) is 0 Å². The smallest absolute Gasteiger partial charge is 0.282 e. The Morgan fingerprint density at radius 1 is 1.15 bits per heavy atom. The van der Waals surface area contributed by atoms with Crippen molar-refractivity contribution in [2.45, 2.75) is 13.3 Å². The van der Waals surface area contributed by atoms with Crippen molar-refractivity contribution in [3.63, 3.8) is 0 Å². The van der Waals surface area contributed by atoms with Crippen molar-refractivity contribution in [2.24, 2.45) is 0 Å². The first kappa shape index (κ1) is 19.3. The van der Waals surface area contributed by atoms with Crippen molar-refractivity contribution in [2.75, 3.05) is 5.32 Å². The van der Waals surface area contributed by atoms with Gasteiger partial charge in [0.2, 0.25) is 0 Å². The molecule has 0 saturated carbocycles. The van der Waals surface area contributed by atoms with Crippen molar-refractivity contribution >= 4 is 34.8 Å². The zero-order valence-electron chi connectivity index (χ0n) is 13.8. The highest BCUT2D eigenvalue weighted by atomic mass is 35.5. The molecule has 9 heteroatoms. The molecule has 0 saturated heterocycles. The van der Waals surface area contributed by atoms with Gasteiger partial charge in [-0.15, -0.1) is 0 Å². The second-order valence-electron chi connectivity index (χ2n) is 5.68. The Hall–Kier alpha value is -2.51. The molecule has 27 heavy (non-hydrogen) atoms. The first-order valence-corrected chi connectivity index (χ1v) is 8.43. The molecule has 1 amide bonds. The summed E-state index contributed by atoms with van der Waals surface area (Å²) in [5.41, 5.74) is 0.332. The Morgan fingerprint density at radius 3 is 2.56 bits per heavy atom. The number of nitrogens with one attached hydrogen (secondary N) is 2. The van der Waals surface area contributed by atoms with Crippen molar-refractivity contribution in [1.29, 1.82) is 0 Å². The Morgan fingerprint density at radius 2 is 1.89 bits per heavy atom. The van der Waals surface area contributed by atoms with Gasteiger partial charge in [0.05, 0.1) is 15.6 Å². The van der Waals surface area contributed by atoms with Gasteiger partial charge < -0.3 is 5.32 Å². The fraction of sp³-hybridized carbons (Fsp3) is 0.111. The fourth-order valence-electron chi connectivity index (χ4n) is 2.61. The maximum absolute atomic E-state index is 13.8. The number of nitrogens with zero attached hydrogens (tertiary/aromatic N) is 1. The molecule has 0 fully saturated rings. The first-order valence-electron chi connectivity index (χ1n) is 7.67. The lowest BCUT2D eigenvalue weighted by Gasteiger charge is -2.13. The van der Waals surface area contributed by atoms with Crippen molar-refractivity contribution in [3.05, 3.63) is 69.2 Å². The normalized spacial score (nSPS) is 11.1. The summed E-state index contributed by atoms with van der Waals surface area (Å²) < 4.78 is 39.9.